The number of halogens is 1. The Hall–Kier alpha value is -1.88. The van der Waals surface area contributed by atoms with E-state index in [-0.39, 0.29) is 0 Å². The Kier molecular flexibility index (Phi) is 6.76. The number of benzene rings is 1. The molecule has 1 aromatic heterocycles. The Balaban J connectivity index is 1.58. The number of piperidine rings is 1. The number of thiazole rings is 1. The summed E-state index contributed by atoms with van der Waals surface area (Å²) < 4.78 is 40.5. The van der Waals surface area contributed by atoms with Crippen molar-refractivity contribution in [3.05, 3.63) is 41.2 Å². The van der Waals surface area contributed by atoms with Crippen LogP contribution in [-0.2, 0) is 21.4 Å². The van der Waals surface area contributed by atoms with Crippen LogP contribution < -0.4 is 10.0 Å². The highest BCUT2D eigenvalue weighted by Crippen LogP contribution is 2.19. The van der Waals surface area contributed by atoms with Crippen molar-refractivity contribution < 1.29 is 17.6 Å². The van der Waals surface area contributed by atoms with Crippen molar-refractivity contribution >= 4 is 32.4 Å². The Morgan fingerprint density at radius 2 is 2.00 bits per heavy atom. The summed E-state index contributed by atoms with van der Waals surface area (Å²) in [7, 11) is -4.15. The van der Waals surface area contributed by atoms with Gasteiger partial charge in [0.25, 0.3) is 0 Å². The lowest BCUT2D eigenvalue weighted by atomic mass is 10.1. The number of aromatic nitrogens is 1. The molecule has 2 aromatic rings. The van der Waals surface area contributed by atoms with Crippen LogP contribution in [0.1, 0.15) is 31.9 Å². The summed E-state index contributed by atoms with van der Waals surface area (Å²) in [5, 5.41) is 4.92. The highest BCUT2D eigenvalue weighted by Gasteiger charge is 2.25. The molecule has 28 heavy (non-hydrogen) atoms. The number of likely N-dealkylation sites (tertiary alicyclic amines) is 1. The Labute approximate surface area is 168 Å². The fraction of sp³-hybridized carbons (Fsp3) is 0.444. The largest absolute Gasteiger partial charge is 0.301 e. The van der Waals surface area contributed by atoms with E-state index in [1.54, 1.807) is 0 Å². The molecule has 152 valence electrons. The molecule has 1 aliphatic heterocycles. The first-order valence-electron chi connectivity index (χ1n) is 9.09. The van der Waals surface area contributed by atoms with Gasteiger partial charge >= 0.3 is 0 Å². The second kappa shape index (κ2) is 9.08. The molecule has 1 amide bonds. The first-order chi connectivity index (χ1) is 13.3. The molecule has 1 atom stereocenters. The molecule has 1 aliphatic rings. The molecule has 10 heteroatoms. The number of carbonyl (C=O) groups excluding carboxylic acids is 1. The van der Waals surface area contributed by atoms with Gasteiger partial charge in [0.2, 0.25) is 15.9 Å². The van der Waals surface area contributed by atoms with Crippen molar-refractivity contribution in [1.82, 2.24) is 14.6 Å². The predicted molar refractivity (Wildman–Crippen MR) is 106 cm³/mol. The summed E-state index contributed by atoms with van der Waals surface area (Å²) in [4.78, 5) is 18.6. The molecule has 0 unspecified atom stereocenters. The smallest absolute Gasteiger partial charge is 0.244 e. The number of rotatable bonds is 7. The third-order valence-corrected chi connectivity index (χ3v) is 6.85. The Bertz CT molecular complexity index is 926. The number of anilines is 1. The van der Waals surface area contributed by atoms with Crippen molar-refractivity contribution in [2.24, 2.45) is 0 Å². The highest BCUT2D eigenvalue weighted by atomic mass is 32.2. The number of amides is 1. The molecule has 1 aromatic carbocycles. The maximum Gasteiger partial charge on any atom is 0.244 e. The minimum absolute atomic E-state index is 0.411. The number of carbonyl (C=O) groups is 1. The van der Waals surface area contributed by atoms with Gasteiger partial charge in [0.05, 0.1) is 11.7 Å². The molecule has 0 spiro atoms. The SMILES string of the molecule is C[C@H](NS(=O)(=O)c1ccccc1F)C(=O)Nc1nc(CN2CCCCC2)cs1. The summed E-state index contributed by atoms with van der Waals surface area (Å²) >= 11 is 1.29. The molecule has 0 saturated carbocycles. The second-order valence-corrected chi connectivity index (χ2v) is 9.28. The van der Waals surface area contributed by atoms with Crippen LogP contribution in [0.4, 0.5) is 9.52 Å². The van der Waals surface area contributed by atoms with Gasteiger partial charge in [-0.1, -0.05) is 18.6 Å². The van der Waals surface area contributed by atoms with E-state index < -0.39 is 32.7 Å². The lowest BCUT2D eigenvalue weighted by Gasteiger charge is -2.25. The van der Waals surface area contributed by atoms with Gasteiger partial charge < -0.3 is 5.32 Å². The van der Waals surface area contributed by atoms with E-state index in [2.05, 4.69) is 19.9 Å². The summed E-state index contributed by atoms with van der Waals surface area (Å²) in [6.07, 6.45) is 3.64. The molecule has 3 rings (SSSR count). The molecular weight excluding hydrogens is 403 g/mol. The van der Waals surface area contributed by atoms with Crippen LogP contribution in [0.25, 0.3) is 0 Å². The van der Waals surface area contributed by atoms with Crippen molar-refractivity contribution in [3.63, 3.8) is 0 Å². The zero-order chi connectivity index (χ0) is 20.1. The predicted octanol–water partition coefficient (Wildman–Crippen LogP) is 2.57. The summed E-state index contributed by atoms with van der Waals surface area (Å²) in [5.74, 6) is -1.43. The van der Waals surface area contributed by atoms with E-state index >= 15 is 0 Å². The standard InChI is InChI=1S/C18H23FN4O3S2/c1-13(22-28(25,26)16-8-4-3-7-15(16)19)17(24)21-18-20-14(12-27-18)11-23-9-5-2-6-10-23/h3-4,7-8,12-13,22H,2,5-6,9-11H2,1H3,(H,20,21,24)/t13-/m0/s1. The van der Waals surface area contributed by atoms with Crippen molar-refractivity contribution in [2.75, 3.05) is 18.4 Å². The van der Waals surface area contributed by atoms with Gasteiger partial charge in [-0.25, -0.2) is 17.8 Å². The van der Waals surface area contributed by atoms with E-state index in [1.165, 1.54) is 49.7 Å². The van der Waals surface area contributed by atoms with Gasteiger partial charge in [-0.05, 0) is 45.0 Å². The van der Waals surface area contributed by atoms with E-state index in [4.69, 9.17) is 0 Å². The molecule has 0 radical (unpaired) electrons. The van der Waals surface area contributed by atoms with Crippen molar-refractivity contribution in [1.29, 1.82) is 0 Å². The average molecular weight is 427 g/mol. The van der Waals surface area contributed by atoms with E-state index in [1.807, 2.05) is 5.38 Å². The lowest BCUT2D eigenvalue weighted by Crippen LogP contribution is -2.41. The van der Waals surface area contributed by atoms with Crippen LogP contribution >= 0.6 is 11.3 Å². The van der Waals surface area contributed by atoms with Gasteiger partial charge in [-0.2, -0.15) is 4.72 Å². The van der Waals surface area contributed by atoms with E-state index in [0.29, 0.717) is 5.13 Å². The minimum atomic E-state index is -4.15. The van der Waals surface area contributed by atoms with Crippen LogP contribution in [0.2, 0.25) is 0 Å². The van der Waals surface area contributed by atoms with Gasteiger partial charge in [-0.3, -0.25) is 9.69 Å². The van der Waals surface area contributed by atoms with Crippen LogP contribution in [0.3, 0.4) is 0 Å². The highest BCUT2D eigenvalue weighted by molar-refractivity contribution is 7.89. The summed E-state index contributed by atoms with van der Waals surface area (Å²) in [5.41, 5.74) is 0.877. The molecule has 1 fully saturated rings. The molecule has 2 N–H and O–H groups in total. The summed E-state index contributed by atoms with van der Waals surface area (Å²) in [6, 6.07) is 3.93. The van der Waals surface area contributed by atoms with Gasteiger partial charge in [-0.15, -0.1) is 11.3 Å². The van der Waals surface area contributed by atoms with Crippen molar-refractivity contribution in [3.8, 4) is 0 Å². The Morgan fingerprint density at radius 3 is 2.71 bits per heavy atom. The van der Waals surface area contributed by atoms with Crippen LogP contribution in [0.15, 0.2) is 34.5 Å². The van der Waals surface area contributed by atoms with Gasteiger partial charge in [0.1, 0.15) is 10.7 Å². The molecule has 1 saturated heterocycles. The quantitative estimate of drug-likeness (QED) is 0.710. The van der Waals surface area contributed by atoms with Gasteiger partial charge in [0, 0.05) is 11.9 Å². The van der Waals surface area contributed by atoms with Crippen LogP contribution in [-0.4, -0.2) is 43.3 Å². The van der Waals surface area contributed by atoms with Crippen LogP contribution in [0.5, 0.6) is 0 Å². The van der Waals surface area contributed by atoms with Gasteiger partial charge in [0.15, 0.2) is 5.13 Å². The second-order valence-electron chi connectivity index (χ2n) is 6.74. The summed E-state index contributed by atoms with van der Waals surface area (Å²) in [6.45, 7) is 4.24. The molecular formula is C18H23FN4O3S2. The zero-order valence-corrected chi connectivity index (χ0v) is 17.2. The average Bonchev–Trinajstić information content (AvgIpc) is 3.09. The number of sulfonamides is 1. The zero-order valence-electron chi connectivity index (χ0n) is 15.5. The van der Waals surface area contributed by atoms with Crippen molar-refractivity contribution in [2.45, 2.75) is 43.7 Å². The molecule has 2 heterocycles. The minimum Gasteiger partial charge on any atom is -0.301 e. The number of hydrogen-bond acceptors (Lipinski definition) is 6. The molecule has 0 bridgehead atoms. The lowest BCUT2D eigenvalue weighted by molar-refractivity contribution is -0.117. The molecule has 7 nitrogen and oxygen atoms in total. The number of hydrogen-bond donors (Lipinski definition) is 2. The third kappa shape index (κ3) is 5.34. The first-order valence-corrected chi connectivity index (χ1v) is 11.5. The fourth-order valence-corrected chi connectivity index (χ4v) is 5.00. The van der Waals surface area contributed by atoms with Crippen LogP contribution in [0, 0.1) is 5.82 Å². The monoisotopic (exact) mass is 426 g/mol. The topological polar surface area (TPSA) is 91.4 Å². The third-order valence-electron chi connectivity index (χ3n) is 4.47. The fourth-order valence-electron chi connectivity index (χ4n) is 3.01. The molecule has 0 aliphatic carbocycles. The number of nitrogens with zero attached hydrogens (tertiary/aromatic N) is 2. The van der Waals surface area contributed by atoms with E-state index in [9.17, 15) is 17.6 Å². The van der Waals surface area contributed by atoms with E-state index in [0.717, 1.165) is 37.5 Å². The number of nitrogens with one attached hydrogen (secondary N) is 2. The normalized spacial score (nSPS) is 16.6. The Morgan fingerprint density at radius 1 is 1.29 bits per heavy atom. The maximum absolute atomic E-state index is 13.7. The maximum atomic E-state index is 13.7. The first kappa shape index (κ1) is 20.8.